The Balaban J connectivity index is 3.16. The van der Waals surface area contributed by atoms with Crippen molar-refractivity contribution in [2.45, 2.75) is 60.5 Å². The lowest BCUT2D eigenvalue weighted by Crippen LogP contribution is -2.18. The van der Waals surface area contributed by atoms with Crippen LogP contribution in [0.1, 0.15) is 64.2 Å². The first-order valence-electron chi connectivity index (χ1n) is 7.77. The van der Waals surface area contributed by atoms with E-state index in [2.05, 4.69) is 44.9 Å². The number of rotatable bonds is 8. The van der Waals surface area contributed by atoms with Gasteiger partial charge in [0.05, 0.1) is 0 Å². The summed E-state index contributed by atoms with van der Waals surface area (Å²) in [7, 11) is 0. The molecule has 0 fully saturated rings. The van der Waals surface area contributed by atoms with Gasteiger partial charge in [-0.15, -0.1) is 0 Å². The minimum Gasteiger partial charge on any atom is -0.370 e. The Labute approximate surface area is 123 Å². The third kappa shape index (κ3) is 4.17. The lowest BCUT2D eigenvalue weighted by atomic mass is 10.1. The summed E-state index contributed by atoms with van der Waals surface area (Å²) in [6.45, 7) is 14.3. The number of anilines is 1. The lowest BCUT2D eigenvalue weighted by molar-refractivity contribution is 0.0231. The highest BCUT2D eigenvalue weighted by molar-refractivity contribution is 5.46. The van der Waals surface area contributed by atoms with Crippen molar-refractivity contribution in [1.29, 1.82) is 0 Å². The maximum atomic E-state index is 5.82. The summed E-state index contributed by atoms with van der Waals surface area (Å²) < 4.78 is 5.82. The van der Waals surface area contributed by atoms with Gasteiger partial charge in [-0.3, -0.25) is 0 Å². The van der Waals surface area contributed by atoms with Gasteiger partial charge in [0.1, 0.15) is 11.9 Å². The minimum absolute atomic E-state index is 0.0354. The number of aryl methyl sites for hydroxylation is 1. The van der Waals surface area contributed by atoms with Crippen molar-refractivity contribution < 1.29 is 4.74 Å². The molecule has 0 aliphatic heterocycles. The molecule has 1 atom stereocenters. The number of nitrogens with one attached hydrogen (secondary N) is 1. The second-order valence-electron chi connectivity index (χ2n) is 5.39. The molecule has 0 saturated carbocycles. The fourth-order valence-electron chi connectivity index (χ4n) is 2.30. The van der Waals surface area contributed by atoms with Gasteiger partial charge < -0.3 is 10.1 Å². The van der Waals surface area contributed by atoms with E-state index in [0.717, 1.165) is 36.7 Å². The van der Waals surface area contributed by atoms with Gasteiger partial charge in [0.15, 0.2) is 5.82 Å². The van der Waals surface area contributed by atoms with Crippen LogP contribution in [0.15, 0.2) is 0 Å². The zero-order valence-electron chi connectivity index (χ0n) is 13.8. The van der Waals surface area contributed by atoms with Crippen molar-refractivity contribution in [1.82, 2.24) is 9.97 Å². The van der Waals surface area contributed by atoms with Crippen molar-refractivity contribution in [2.75, 3.05) is 18.5 Å². The molecule has 0 aliphatic rings. The summed E-state index contributed by atoms with van der Waals surface area (Å²) in [6.07, 6.45) is 1.99. The van der Waals surface area contributed by atoms with E-state index in [1.807, 2.05) is 6.92 Å². The molecule has 1 aromatic heterocycles. The maximum Gasteiger partial charge on any atom is 0.160 e. The predicted octanol–water partition coefficient (Wildman–Crippen LogP) is 3.90. The summed E-state index contributed by atoms with van der Waals surface area (Å²) in [4.78, 5) is 9.41. The van der Waals surface area contributed by atoms with Gasteiger partial charge in [-0.1, -0.05) is 27.7 Å². The zero-order chi connectivity index (χ0) is 15.1. The summed E-state index contributed by atoms with van der Waals surface area (Å²) in [5.41, 5.74) is 2.27. The quantitative estimate of drug-likeness (QED) is 0.784. The molecular formula is C16H29N3O. The number of hydrogen-bond donors (Lipinski definition) is 1. The molecule has 0 amide bonds. The molecule has 1 N–H and O–H groups in total. The fraction of sp³-hybridized carbons (Fsp3) is 0.750. The Morgan fingerprint density at radius 1 is 1.15 bits per heavy atom. The van der Waals surface area contributed by atoms with Crippen LogP contribution in [0.3, 0.4) is 0 Å². The van der Waals surface area contributed by atoms with Gasteiger partial charge in [0.2, 0.25) is 0 Å². The largest absolute Gasteiger partial charge is 0.370 e. The third-order valence-electron chi connectivity index (χ3n) is 3.33. The molecule has 0 spiro atoms. The van der Waals surface area contributed by atoms with Gasteiger partial charge in [-0.25, -0.2) is 9.97 Å². The van der Waals surface area contributed by atoms with Crippen molar-refractivity contribution in [2.24, 2.45) is 5.92 Å². The molecule has 0 radical (unpaired) electrons. The SMILES string of the molecule is CCCNc1nc(C(OCC)C(C)C)nc(C)c1CC. The van der Waals surface area contributed by atoms with Gasteiger partial charge in [-0.2, -0.15) is 0 Å². The molecule has 20 heavy (non-hydrogen) atoms. The normalized spacial score (nSPS) is 12.8. The van der Waals surface area contributed by atoms with Crippen molar-refractivity contribution in [3.05, 3.63) is 17.1 Å². The van der Waals surface area contributed by atoms with Gasteiger partial charge in [0.25, 0.3) is 0 Å². The zero-order valence-corrected chi connectivity index (χ0v) is 13.8. The van der Waals surface area contributed by atoms with Crippen LogP contribution in [0, 0.1) is 12.8 Å². The fourth-order valence-corrected chi connectivity index (χ4v) is 2.30. The van der Waals surface area contributed by atoms with Crippen molar-refractivity contribution in [3.63, 3.8) is 0 Å². The summed E-state index contributed by atoms with van der Waals surface area (Å²) in [5, 5.41) is 3.42. The molecule has 4 nitrogen and oxygen atoms in total. The minimum atomic E-state index is -0.0354. The maximum absolute atomic E-state index is 5.82. The monoisotopic (exact) mass is 279 g/mol. The van der Waals surface area contributed by atoms with E-state index in [1.54, 1.807) is 0 Å². The van der Waals surface area contributed by atoms with Gasteiger partial charge in [0, 0.05) is 24.4 Å². The molecule has 1 aromatic rings. The standard InChI is InChI=1S/C16H29N3O/c1-7-10-17-15-13(8-2)12(6)18-16(19-15)14(11(4)5)20-9-3/h11,14H,7-10H2,1-6H3,(H,17,18,19). The van der Waals surface area contributed by atoms with Crippen LogP contribution < -0.4 is 5.32 Å². The van der Waals surface area contributed by atoms with Crippen LogP contribution in [-0.4, -0.2) is 23.1 Å². The first-order valence-corrected chi connectivity index (χ1v) is 7.77. The van der Waals surface area contributed by atoms with E-state index < -0.39 is 0 Å². The Hall–Kier alpha value is -1.16. The molecule has 1 unspecified atom stereocenters. The van der Waals surface area contributed by atoms with Crippen LogP contribution in [0.2, 0.25) is 0 Å². The highest BCUT2D eigenvalue weighted by Gasteiger charge is 2.21. The summed E-state index contributed by atoms with van der Waals surface area (Å²) >= 11 is 0. The highest BCUT2D eigenvalue weighted by atomic mass is 16.5. The van der Waals surface area contributed by atoms with E-state index >= 15 is 0 Å². The molecule has 1 heterocycles. The summed E-state index contributed by atoms with van der Waals surface area (Å²) in [6, 6.07) is 0. The van der Waals surface area contributed by atoms with Crippen molar-refractivity contribution >= 4 is 5.82 Å². The Morgan fingerprint density at radius 3 is 2.35 bits per heavy atom. The van der Waals surface area contributed by atoms with Gasteiger partial charge >= 0.3 is 0 Å². The first kappa shape index (κ1) is 16.9. The van der Waals surface area contributed by atoms with E-state index in [-0.39, 0.29) is 6.10 Å². The number of ether oxygens (including phenoxy) is 1. The average molecular weight is 279 g/mol. The third-order valence-corrected chi connectivity index (χ3v) is 3.33. The number of aromatic nitrogens is 2. The molecular weight excluding hydrogens is 250 g/mol. The average Bonchev–Trinajstić information content (AvgIpc) is 2.41. The van der Waals surface area contributed by atoms with E-state index in [1.165, 1.54) is 5.56 Å². The smallest absolute Gasteiger partial charge is 0.160 e. The second-order valence-corrected chi connectivity index (χ2v) is 5.39. The van der Waals surface area contributed by atoms with Crippen LogP contribution in [0.25, 0.3) is 0 Å². The van der Waals surface area contributed by atoms with Crippen LogP contribution in [-0.2, 0) is 11.2 Å². The Bertz CT molecular complexity index is 418. The van der Waals surface area contributed by atoms with E-state index in [0.29, 0.717) is 12.5 Å². The Kier molecular flexibility index (Phi) is 6.93. The number of hydrogen-bond acceptors (Lipinski definition) is 4. The van der Waals surface area contributed by atoms with Crippen molar-refractivity contribution in [3.8, 4) is 0 Å². The second kappa shape index (κ2) is 8.20. The highest BCUT2D eigenvalue weighted by Crippen LogP contribution is 2.26. The first-order chi connectivity index (χ1) is 9.54. The molecule has 0 saturated heterocycles. The predicted molar refractivity (Wildman–Crippen MR) is 84.1 cm³/mol. The Morgan fingerprint density at radius 2 is 1.85 bits per heavy atom. The molecule has 4 heteroatoms. The number of nitrogens with zero attached hydrogens (tertiary/aromatic N) is 2. The van der Waals surface area contributed by atoms with Crippen LogP contribution in [0.4, 0.5) is 5.82 Å². The van der Waals surface area contributed by atoms with E-state index in [4.69, 9.17) is 9.72 Å². The molecule has 0 aromatic carbocycles. The molecule has 1 rings (SSSR count). The summed E-state index contributed by atoms with van der Waals surface area (Å²) in [5.74, 6) is 2.14. The lowest BCUT2D eigenvalue weighted by Gasteiger charge is -2.22. The molecule has 114 valence electrons. The molecule has 0 aliphatic carbocycles. The van der Waals surface area contributed by atoms with Crippen LogP contribution in [0.5, 0.6) is 0 Å². The van der Waals surface area contributed by atoms with Crippen LogP contribution >= 0.6 is 0 Å². The van der Waals surface area contributed by atoms with Gasteiger partial charge in [-0.05, 0) is 32.6 Å². The molecule has 0 bridgehead atoms. The van der Waals surface area contributed by atoms with E-state index in [9.17, 15) is 0 Å². The topological polar surface area (TPSA) is 47.0 Å².